The van der Waals surface area contributed by atoms with E-state index in [2.05, 4.69) is 15.1 Å². The molecule has 0 amide bonds. The van der Waals surface area contributed by atoms with Gasteiger partial charge in [0.1, 0.15) is 11.5 Å². The van der Waals surface area contributed by atoms with Crippen LogP contribution in [0.15, 0.2) is 47.5 Å². The molecule has 6 heteroatoms. The quantitative estimate of drug-likeness (QED) is 0.762. The Kier molecular flexibility index (Phi) is 2.68. The van der Waals surface area contributed by atoms with Crippen molar-refractivity contribution in [1.82, 2.24) is 15.1 Å². The van der Waals surface area contributed by atoms with Crippen molar-refractivity contribution in [3.8, 4) is 22.4 Å². The fraction of sp³-hybridized carbons (Fsp3) is 0. The van der Waals surface area contributed by atoms with Gasteiger partial charge in [-0.15, -0.1) is 0 Å². The lowest BCUT2D eigenvalue weighted by Crippen LogP contribution is -1.89. The van der Waals surface area contributed by atoms with Gasteiger partial charge in [0.15, 0.2) is 0 Å². The zero-order valence-electron chi connectivity index (χ0n) is 9.75. The van der Waals surface area contributed by atoms with Crippen LogP contribution in [0.1, 0.15) is 0 Å². The van der Waals surface area contributed by atoms with Crippen molar-refractivity contribution in [2.45, 2.75) is 0 Å². The average molecular weight is 256 g/mol. The summed E-state index contributed by atoms with van der Waals surface area (Å²) in [5.74, 6) is -0.273. The maximum atomic E-state index is 13.2. The van der Waals surface area contributed by atoms with Crippen LogP contribution in [-0.2, 0) is 0 Å². The van der Waals surface area contributed by atoms with Gasteiger partial charge in [0.25, 0.3) is 0 Å². The molecule has 3 aromatic heterocycles. The van der Waals surface area contributed by atoms with Crippen molar-refractivity contribution >= 4 is 5.88 Å². The van der Waals surface area contributed by atoms with Gasteiger partial charge < -0.3 is 10.3 Å². The molecule has 0 unspecified atom stereocenters. The summed E-state index contributed by atoms with van der Waals surface area (Å²) >= 11 is 0. The van der Waals surface area contributed by atoms with Crippen LogP contribution in [0.25, 0.3) is 22.4 Å². The number of hydrogen-bond donors (Lipinski definition) is 1. The van der Waals surface area contributed by atoms with Crippen molar-refractivity contribution in [2.75, 3.05) is 5.73 Å². The Morgan fingerprint density at radius 3 is 2.58 bits per heavy atom. The van der Waals surface area contributed by atoms with Crippen LogP contribution in [0, 0.1) is 5.82 Å². The van der Waals surface area contributed by atoms with Crippen LogP contribution in [-0.4, -0.2) is 15.1 Å². The SMILES string of the molecule is Nc1onc(-c2cncc(F)c2)c1-c1ccncc1. The second-order valence-electron chi connectivity index (χ2n) is 3.90. The van der Waals surface area contributed by atoms with E-state index >= 15 is 0 Å². The Labute approximate surface area is 107 Å². The minimum atomic E-state index is -0.445. The molecular formula is C13H9FN4O. The summed E-state index contributed by atoms with van der Waals surface area (Å²) in [6.07, 6.45) is 5.90. The highest BCUT2D eigenvalue weighted by Crippen LogP contribution is 2.35. The predicted molar refractivity (Wildman–Crippen MR) is 67.3 cm³/mol. The number of halogens is 1. The molecule has 0 radical (unpaired) electrons. The molecule has 0 aliphatic heterocycles. The van der Waals surface area contributed by atoms with Gasteiger partial charge in [-0.1, -0.05) is 5.16 Å². The van der Waals surface area contributed by atoms with E-state index in [0.29, 0.717) is 16.8 Å². The topological polar surface area (TPSA) is 77.8 Å². The van der Waals surface area contributed by atoms with Crippen LogP contribution in [0.2, 0.25) is 0 Å². The largest absolute Gasteiger partial charge is 0.367 e. The van der Waals surface area contributed by atoms with E-state index in [1.54, 1.807) is 24.5 Å². The molecule has 0 saturated heterocycles. The number of nitrogens with zero attached hydrogens (tertiary/aromatic N) is 3. The van der Waals surface area contributed by atoms with Crippen LogP contribution < -0.4 is 5.73 Å². The molecule has 3 rings (SSSR count). The van der Waals surface area contributed by atoms with Gasteiger partial charge in [-0.3, -0.25) is 9.97 Å². The molecule has 0 aromatic carbocycles. The standard InChI is InChI=1S/C13H9FN4O/c14-10-5-9(6-17-7-10)12-11(13(15)19-18-12)8-1-3-16-4-2-8/h1-7H,15H2. The number of hydrogen-bond acceptors (Lipinski definition) is 5. The van der Waals surface area contributed by atoms with E-state index in [1.807, 2.05) is 0 Å². The van der Waals surface area contributed by atoms with E-state index in [-0.39, 0.29) is 5.88 Å². The fourth-order valence-corrected chi connectivity index (χ4v) is 1.84. The normalized spacial score (nSPS) is 10.6. The Bertz CT molecular complexity index is 712. The Morgan fingerprint density at radius 2 is 1.84 bits per heavy atom. The summed E-state index contributed by atoms with van der Waals surface area (Å²) in [6.45, 7) is 0. The lowest BCUT2D eigenvalue weighted by Gasteiger charge is -2.02. The van der Waals surface area contributed by atoms with E-state index in [1.165, 1.54) is 12.3 Å². The van der Waals surface area contributed by atoms with Crippen LogP contribution in [0.5, 0.6) is 0 Å². The molecule has 0 aliphatic carbocycles. The molecule has 0 aliphatic rings. The van der Waals surface area contributed by atoms with Crippen LogP contribution in [0.3, 0.4) is 0 Å². The third-order valence-corrected chi connectivity index (χ3v) is 2.67. The van der Waals surface area contributed by atoms with Gasteiger partial charge >= 0.3 is 0 Å². The first-order valence-electron chi connectivity index (χ1n) is 5.52. The Morgan fingerprint density at radius 1 is 1.05 bits per heavy atom. The maximum Gasteiger partial charge on any atom is 0.230 e. The fourth-order valence-electron chi connectivity index (χ4n) is 1.84. The highest BCUT2D eigenvalue weighted by molar-refractivity contribution is 5.86. The van der Waals surface area contributed by atoms with E-state index in [4.69, 9.17) is 10.3 Å². The highest BCUT2D eigenvalue weighted by Gasteiger charge is 2.17. The number of aromatic nitrogens is 3. The molecule has 5 nitrogen and oxygen atoms in total. The molecule has 0 saturated carbocycles. The molecule has 19 heavy (non-hydrogen) atoms. The van der Waals surface area contributed by atoms with Crippen molar-refractivity contribution in [3.63, 3.8) is 0 Å². The third kappa shape index (κ3) is 2.03. The summed E-state index contributed by atoms with van der Waals surface area (Å²) in [6, 6.07) is 4.88. The Hall–Kier alpha value is -2.76. The number of rotatable bonds is 2. The molecule has 3 heterocycles. The van der Waals surface area contributed by atoms with E-state index < -0.39 is 5.82 Å². The number of pyridine rings is 2. The molecule has 0 atom stereocenters. The number of nitrogen functional groups attached to an aromatic ring is 1. The smallest absolute Gasteiger partial charge is 0.230 e. The number of nitrogens with two attached hydrogens (primary N) is 1. The molecule has 3 aromatic rings. The molecule has 0 fully saturated rings. The van der Waals surface area contributed by atoms with Crippen molar-refractivity contribution in [1.29, 1.82) is 0 Å². The Balaban J connectivity index is 2.19. The minimum absolute atomic E-state index is 0.172. The first kappa shape index (κ1) is 11.3. The molecule has 2 N–H and O–H groups in total. The summed E-state index contributed by atoms with van der Waals surface area (Å²) in [5.41, 5.74) is 8.15. The molecule has 0 spiro atoms. The van der Waals surface area contributed by atoms with Gasteiger partial charge in [-0.05, 0) is 23.8 Å². The summed E-state index contributed by atoms with van der Waals surface area (Å²) in [5, 5.41) is 3.88. The second kappa shape index (κ2) is 4.49. The summed E-state index contributed by atoms with van der Waals surface area (Å²) < 4.78 is 18.2. The second-order valence-corrected chi connectivity index (χ2v) is 3.90. The molecular weight excluding hydrogens is 247 g/mol. The molecule has 94 valence electrons. The monoisotopic (exact) mass is 256 g/mol. The number of anilines is 1. The van der Waals surface area contributed by atoms with Gasteiger partial charge in [-0.25, -0.2) is 4.39 Å². The van der Waals surface area contributed by atoms with Crippen molar-refractivity contribution in [2.24, 2.45) is 0 Å². The van der Waals surface area contributed by atoms with Gasteiger partial charge in [0, 0.05) is 24.2 Å². The van der Waals surface area contributed by atoms with Crippen LogP contribution in [0.4, 0.5) is 10.3 Å². The first-order chi connectivity index (χ1) is 9.25. The van der Waals surface area contributed by atoms with Gasteiger partial charge in [-0.2, -0.15) is 0 Å². The van der Waals surface area contributed by atoms with E-state index in [9.17, 15) is 4.39 Å². The summed E-state index contributed by atoms with van der Waals surface area (Å²) in [4.78, 5) is 7.73. The van der Waals surface area contributed by atoms with Crippen LogP contribution >= 0.6 is 0 Å². The zero-order chi connectivity index (χ0) is 13.2. The lowest BCUT2D eigenvalue weighted by molar-refractivity contribution is 0.439. The van der Waals surface area contributed by atoms with Crippen molar-refractivity contribution in [3.05, 3.63) is 48.8 Å². The van der Waals surface area contributed by atoms with Gasteiger partial charge in [0.2, 0.25) is 5.88 Å². The third-order valence-electron chi connectivity index (χ3n) is 2.67. The molecule has 0 bridgehead atoms. The van der Waals surface area contributed by atoms with E-state index in [0.717, 1.165) is 11.8 Å². The maximum absolute atomic E-state index is 13.2. The van der Waals surface area contributed by atoms with Gasteiger partial charge in [0.05, 0.1) is 11.8 Å². The predicted octanol–water partition coefficient (Wildman–Crippen LogP) is 2.52. The first-order valence-corrected chi connectivity index (χ1v) is 5.52. The highest BCUT2D eigenvalue weighted by atomic mass is 19.1. The summed E-state index contributed by atoms with van der Waals surface area (Å²) in [7, 11) is 0. The minimum Gasteiger partial charge on any atom is -0.367 e. The average Bonchev–Trinajstić information content (AvgIpc) is 2.82. The van der Waals surface area contributed by atoms with Crippen molar-refractivity contribution < 1.29 is 8.91 Å². The zero-order valence-corrected chi connectivity index (χ0v) is 9.75. The lowest BCUT2D eigenvalue weighted by atomic mass is 10.0.